The van der Waals surface area contributed by atoms with Gasteiger partial charge in [0, 0.05) is 38.9 Å². The maximum atomic E-state index is 6.04. The zero-order chi connectivity index (χ0) is 9.80. The summed E-state index contributed by atoms with van der Waals surface area (Å²) in [5, 5.41) is 4.09. The molecule has 0 amide bonds. The van der Waals surface area contributed by atoms with Gasteiger partial charge in [-0.25, -0.2) is 0 Å². The lowest BCUT2D eigenvalue weighted by molar-refractivity contribution is 0.231. The van der Waals surface area contributed by atoms with Crippen LogP contribution in [0.25, 0.3) is 0 Å². The van der Waals surface area contributed by atoms with Crippen LogP contribution in [0.3, 0.4) is 0 Å². The zero-order valence-corrected chi connectivity index (χ0v) is 8.80. The molecule has 1 aliphatic rings. The molecule has 0 unspecified atom stereocenters. The molecule has 0 atom stereocenters. The Morgan fingerprint density at radius 1 is 1.43 bits per heavy atom. The summed E-state index contributed by atoms with van der Waals surface area (Å²) in [7, 11) is 0. The molecule has 0 saturated carbocycles. The van der Waals surface area contributed by atoms with Gasteiger partial charge in [-0.2, -0.15) is 0 Å². The van der Waals surface area contributed by atoms with Crippen molar-refractivity contribution < 1.29 is 0 Å². The molecule has 2 heterocycles. The molecule has 0 radical (unpaired) electrons. The van der Waals surface area contributed by atoms with Gasteiger partial charge < -0.3 is 5.32 Å². The predicted molar refractivity (Wildman–Crippen MR) is 57.4 cm³/mol. The summed E-state index contributed by atoms with van der Waals surface area (Å²) in [5.41, 5.74) is 0.982. The first-order valence-electron chi connectivity index (χ1n) is 4.89. The summed E-state index contributed by atoms with van der Waals surface area (Å²) >= 11 is 6.04. The fourth-order valence-corrected chi connectivity index (χ4v) is 1.80. The molecule has 0 spiro atoms. The van der Waals surface area contributed by atoms with Crippen LogP contribution < -0.4 is 5.32 Å². The van der Waals surface area contributed by atoms with Crippen molar-refractivity contribution in [3.63, 3.8) is 0 Å². The second-order valence-corrected chi connectivity index (χ2v) is 3.87. The quantitative estimate of drug-likeness (QED) is 0.796. The molecule has 0 bridgehead atoms. The van der Waals surface area contributed by atoms with Crippen molar-refractivity contribution in [3.05, 3.63) is 29.0 Å². The predicted octanol–water partition coefficient (Wildman–Crippen LogP) is 1.14. The summed E-state index contributed by atoms with van der Waals surface area (Å²) in [5.74, 6) is 0. The average Bonchev–Trinajstić information content (AvgIpc) is 2.23. The molecule has 14 heavy (non-hydrogen) atoms. The molecule has 2 rings (SSSR count). The lowest BCUT2D eigenvalue weighted by atomic mass is 10.3. The maximum absolute atomic E-state index is 6.04. The van der Waals surface area contributed by atoms with Crippen LogP contribution in [0, 0.1) is 0 Å². The second kappa shape index (κ2) is 4.73. The zero-order valence-electron chi connectivity index (χ0n) is 8.04. The molecule has 1 fully saturated rings. The Kier molecular flexibility index (Phi) is 3.35. The molecule has 3 nitrogen and oxygen atoms in total. The van der Waals surface area contributed by atoms with Gasteiger partial charge in [-0.1, -0.05) is 11.6 Å². The van der Waals surface area contributed by atoms with Gasteiger partial charge in [-0.3, -0.25) is 9.88 Å². The van der Waals surface area contributed by atoms with E-state index in [-0.39, 0.29) is 0 Å². The highest BCUT2D eigenvalue weighted by Gasteiger charge is 2.11. The minimum absolute atomic E-state index is 0.769. The van der Waals surface area contributed by atoms with Gasteiger partial charge in [0.2, 0.25) is 0 Å². The van der Waals surface area contributed by atoms with Gasteiger partial charge in [0.15, 0.2) is 0 Å². The van der Waals surface area contributed by atoms with Crippen LogP contribution in [0.15, 0.2) is 18.3 Å². The average molecular weight is 212 g/mol. The van der Waals surface area contributed by atoms with Crippen LogP contribution in [0.2, 0.25) is 5.02 Å². The smallest absolute Gasteiger partial charge is 0.0729 e. The minimum Gasteiger partial charge on any atom is -0.314 e. The van der Waals surface area contributed by atoms with Gasteiger partial charge >= 0.3 is 0 Å². The summed E-state index contributed by atoms with van der Waals surface area (Å²) < 4.78 is 0. The third-order valence-electron chi connectivity index (χ3n) is 2.42. The summed E-state index contributed by atoms with van der Waals surface area (Å²) in [6.45, 7) is 5.13. The first kappa shape index (κ1) is 9.90. The fourth-order valence-electron chi connectivity index (χ4n) is 1.62. The number of piperazine rings is 1. The van der Waals surface area contributed by atoms with Gasteiger partial charge in [-0.15, -0.1) is 0 Å². The third kappa shape index (κ3) is 2.44. The number of pyridine rings is 1. The van der Waals surface area contributed by atoms with E-state index in [9.17, 15) is 0 Å². The van der Waals surface area contributed by atoms with Crippen molar-refractivity contribution in [2.45, 2.75) is 6.54 Å². The Morgan fingerprint density at radius 3 is 2.93 bits per heavy atom. The van der Waals surface area contributed by atoms with Crippen molar-refractivity contribution in [2.24, 2.45) is 0 Å². The highest BCUT2D eigenvalue weighted by atomic mass is 35.5. The molecule has 1 saturated heterocycles. The Hall–Kier alpha value is -0.640. The van der Waals surface area contributed by atoms with Gasteiger partial charge in [0.05, 0.1) is 10.7 Å². The normalized spacial score (nSPS) is 18.4. The van der Waals surface area contributed by atoms with Crippen LogP contribution in [0.5, 0.6) is 0 Å². The van der Waals surface area contributed by atoms with E-state index in [4.69, 9.17) is 11.6 Å². The summed E-state index contributed by atoms with van der Waals surface area (Å²) in [4.78, 5) is 6.64. The standard InChI is InChI=1S/C10H14ClN3/c11-9-2-1-3-13-10(9)8-14-6-4-12-5-7-14/h1-3,12H,4-8H2. The molecule has 1 N–H and O–H groups in total. The second-order valence-electron chi connectivity index (χ2n) is 3.46. The number of hydrogen-bond donors (Lipinski definition) is 1. The lowest BCUT2D eigenvalue weighted by Crippen LogP contribution is -2.43. The van der Waals surface area contributed by atoms with Crippen LogP contribution >= 0.6 is 11.6 Å². The molecule has 4 heteroatoms. The van der Waals surface area contributed by atoms with E-state index in [1.54, 1.807) is 6.20 Å². The van der Waals surface area contributed by atoms with E-state index in [1.165, 1.54) is 0 Å². The van der Waals surface area contributed by atoms with E-state index in [1.807, 2.05) is 12.1 Å². The minimum atomic E-state index is 0.769. The molecular weight excluding hydrogens is 198 g/mol. The van der Waals surface area contributed by atoms with Crippen LogP contribution in [0.4, 0.5) is 0 Å². The number of nitrogens with zero attached hydrogens (tertiary/aromatic N) is 2. The van der Waals surface area contributed by atoms with Crippen molar-refractivity contribution >= 4 is 11.6 Å². The van der Waals surface area contributed by atoms with Gasteiger partial charge in [0.25, 0.3) is 0 Å². The number of aromatic nitrogens is 1. The highest BCUT2D eigenvalue weighted by molar-refractivity contribution is 6.31. The SMILES string of the molecule is Clc1cccnc1CN1CCNCC1. The van der Waals surface area contributed by atoms with E-state index >= 15 is 0 Å². The van der Waals surface area contributed by atoms with Gasteiger partial charge in [0.1, 0.15) is 0 Å². The Morgan fingerprint density at radius 2 is 2.21 bits per heavy atom. The number of nitrogens with one attached hydrogen (secondary N) is 1. The molecular formula is C10H14ClN3. The molecule has 76 valence electrons. The fraction of sp³-hybridized carbons (Fsp3) is 0.500. The van der Waals surface area contributed by atoms with Crippen LogP contribution in [-0.4, -0.2) is 36.1 Å². The van der Waals surface area contributed by atoms with E-state index in [2.05, 4.69) is 15.2 Å². The Balaban J connectivity index is 1.99. The molecule has 1 aromatic heterocycles. The maximum Gasteiger partial charge on any atom is 0.0729 e. The van der Waals surface area contributed by atoms with Crippen molar-refractivity contribution in [1.82, 2.24) is 15.2 Å². The summed E-state index contributed by atoms with van der Waals surface area (Å²) in [6, 6.07) is 3.76. The summed E-state index contributed by atoms with van der Waals surface area (Å²) in [6.07, 6.45) is 1.80. The lowest BCUT2D eigenvalue weighted by Gasteiger charge is -2.26. The van der Waals surface area contributed by atoms with E-state index < -0.39 is 0 Å². The van der Waals surface area contributed by atoms with Crippen LogP contribution in [0.1, 0.15) is 5.69 Å². The van der Waals surface area contributed by atoms with E-state index in [0.717, 1.165) is 43.4 Å². The van der Waals surface area contributed by atoms with E-state index in [0.29, 0.717) is 0 Å². The Bertz CT molecular complexity index is 297. The van der Waals surface area contributed by atoms with Crippen LogP contribution in [-0.2, 0) is 6.54 Å². The number of rotatable bonds is 2. The Labute approximate surface area is 89.1 Å². The molecule has 1 aliphatic heterocycles. The topological polar surface area (TPSA) is 28.2 Å². The first-order chi connectivity index (χ1) is 6.86. The largest absolute Gasteiger partial charge is 0.314 e. The molecule has 1 aromatic rings. The van der Waals surface area contributed by atoms with Gasteiger partial charge in [-0.05, 0) is 12.1 Å². The monoisotopic (exact) mass is 211 g/mol. The third-order valence-corrected chi connectivity index (χ3v) is 2.76. The van der Waals surface area contributed by atoms with Crippen molar-refractivity contribution in [2.75, 3.05) is 26.2 Å². The first-order valence-corrected chi connectivity index (χ1v) is 5.26. The van der Waals surface area contributed by atoms with Crippen molar-refractivity contribution in [3.8, 4) is 0 Å². The number of hydrogen-bond acceptors (Lipinski definition) is 3. The molecule has 0 aliphatic carbocycles. The highest BCUT2D eigenvalue weighted by Crippen LogP contribution is 2.14. The van der Waals surface area contributed by atoms with Crippen molar-refractivity contribution in [1.29, 1.82) is 0 Å². The molecule has 0 aromatic carbocycles. The number of halogens is 1.